The van der Waals surface area contributed by atoms with Crippen LogP contribution in [0.1, 0.15) is 0 Å². The van der Waals surface area contributed by atoms with Crippen LogP contribution in [0.3, 0.4) is 0 Å². The molecule has 0 heterocycles. The average Bonchev–Trinajstić information content (AvgIpc) is 0.722. The van der Waals surface area contributed by atoms with Crippen LogP contribution in [0.2, 0.25) is 0 Å². The van der Waals surface area contributed by atoms with Gasteiger partial charge in [-0.15, -0.1) is 0 Å². The smallest absolute Gasteiger partial charge is 1.00 e. The van der Waals surface area contributed by atoms with Gasteiger partial charge in [0.2, 0.25) is 0 Å². The molecule has 0 saturated heterocycles. The van der Waals surface area contributed by atoms with Crippen molar-refractivity contribution in [2.75, 3.05) is 0 Å². The maximum Gasteiger partial charge on any atom is 2.00 e. The molecule has 0 bridgehead atoms. The number of hydrogen-bond acceptors (Lipinski definition) is 4. The summed E-state index contributed by atoms with van der Waals surface area (Å²) >= 11 is 0. The number of hydrogen-bond donors (Lipinski definition) is 0. The standard InChI is InChI=1S/Ca.ClH.Li.Mg.O4Si/c;;;;1-5(2,3)4/h;1H;;;/q+2;;+1;+2;-4/p-1. The van der Waals surface area contributed by atoms with E-state index >= 15 is 0 Å². The van der Waals surface area contributed by atoms with Crippen molar-refractivity contribution in [2.45, 2.75) is 0 Å². The Morgan fingerprint density at radius 3 is 0.889 bits per heavy atom. The minimum Gasteiger partial charge on any atom is -1.00 e. The minimum absolute atomic E-state index is 0. The summed E-state index contributed by atoms with van der Waals surface area (Å²) in [6.45, 7) is 0. The van der Waals surface area contributed by atoms with E-state index < -0.39 is 9.05 Å². The van der Waals surface area contributed by atoms with Crippen molar-refractivity contribution in [1.82, 2.24) is 0 Å². The van der Waals surface area contributed by atoms with Gasteiger partial charge in [0, 0.05) is 0 Å². The predicted molar refractivity (Wildman–Crippen MR) is 17.3 cm³/mol. The van der Waals surface area contributed by atoms with Crippen LogP contribution in [0.5, 0.6) is 0 Å². The van der Waals surface area contributed by atoms with Gasteiger partial charge in [-0.05, 0) is 0 Å². The molecule has 0 aliphatic rings. The van der Waals surface area contributed by atoms with E-state index in [2.05, 4.69) is 0 Å². The van der Waals surface area contributed by atoms with Crippen molar-refractivity contribution >= 4 is 69.8 Å². The second kappa shape index (κ2) is 13.6. The van der Waals surface area contributed by atoms with Crippen LogP contribution in [0.4, 0.5) is 0 Å². The normalized spacial score (nSPS) is 6.67. The summed E-state index contributed by atoms with van der Waals surface area (Å²) < 4.78 is 0. The fraction of sp³-hybridized carbons (Fsp3) is 0. The molecule has 0 saturated carbocycles. The van der Waals surface area contributed by atoms with Crippen molar-refractivity contribution in [2.24, 2.45) is 0 Å². The Morgan fingerprint density at radius 2 is 0.889 bits per heavy atom. The van der Waals surface area contributed by atoms with Crippen molar-refractivity contribution in [3.05, 3.63) is 0 Å². The van der Waals surface area contributed by atoms with E-state index in [1.807, 2.05) is 0 Å². The molecule has 40 valence electrons. The molecule has 0 aromatic rings. The van der Waals surface area contributed by atoms with Crippen molar-refractivity contribution in [3.63, 3.8) is 0 Å². The third kappa shape index (κ3) is 100. The molecule has 9 heavy (non-hydrogen) atoms. The summed E-state index contributed by atoms with van der Waals surface area (Å²) in [6, 6.07) is 0. The van der Waals surface area contributed by atoms with Gasteiger partial charge in [-0.1, -0.05) is 0 Å². The van der Waals surface area contributed by atoms with Crippen molar-refractivity contribution in [3.8, 4) is 0 Å². The van der Waals surface area contributed by atoms with E-state index in [-0.39, 0.29) is 92.1 Å². The van der Waals surface area contributed by atoms with Crippen LogP contribution >= 0.6 is 0 Å². The van der Waals surface area contributed by atoms with E-state index in [0.29, 0.717) is 0 Å². The molecule has 0 spiro atoms. The molecule has 0 N–H and O–H groups in total. The topological polar surface area (TPSA) is 92.2 Å². The largest absolute Gasteiger partial charge is 2.00 e. The average molecular weight is 199 g/mol. The zero-order valence-electron chi connectivity index (χ0n) is 4.93. The molecule has 0 aromatic heterocycles. The van der Waals surface area contributed by atoms with E-state index in [1.54, 1.807) is 0 Å². The molecule has 0 amide bonds. The Balaban J connectivity index is -0.0000000133. The van der Waals surface area contributed by atoms with Crippen LogP contribution in [0, 0.1) is 0 Å². The Bertz CT molecular complexity index is 36.0. The third-order valence-electron chi connectivity index (χ3n) is 0. The van der Waals surface area contributed by atoms with Gasteiger partial charge < -0.3 is 40.6 Å². The Labute approximate surface area is 118 Å². The van der Waals surface area contributed by atoms with Crippen molar-refractivity contribution in [1.29, 1.82) is 0 Å². The predicted octanol–water partition coefficient (Wildman–Crippen LogP) is -11.9. The number of rotatable bonds is 0. The fourth-order valence-corrected chi connectivity index (χ4v) is 0. The van der Waals surface area contributed by atoms with Gasteiger partial charge in [0.1, 0.15) is 0 Å². The summed E-state index contributed by atoms with van der Waals surface area (Å²) in [5, 5.41) is 0. The van der Waals surface area contributed by atoms with E-state index in [4.69, 9.17) is 19.2 Å². The molecular formula is CaClLiMgO4Si. The molecule has 9 heteroatoms. The summed E-state index contributed by atoms with van der Waals surface area (Å²) in [4.78, 5) is 34.3. The number of halogens is 1. The van der Waals surface area contributed by atoms with Crippen LogP contribution in [0.15, 0.2) is 0 Å². The van der Waals surface area contributed by atoms with Crippen LogP contribution in [0.25, 0.3) is 0 Å². The molecule has 4 nitrogen and oxygen atoms in total. The van der Waals surface area contributed by atoms with E-state index in [1.165, 1.54) is 0 Å². The van der Waals surface area contributed by atoms with E-state index in [0.717, 1.165) is 0 Å². The molecule has 0 aliphatic carbocycles. The zero-order chi connectivity index (χ0) is 4.50. The monoisotopic (exact) mass is 198 g/mol. The first-order chi connectivity index (χ1) is 2.00. The minimum atomic E-state index is -5.61. The molecule has 0 aliphatic heterocycles. The van der Waals surface area contributed by atoms with Gasteiger partial charge in [0.15, 0.2) is 0 Å². The second-order valence-electron chi connectivity index (χ2n) is 0.500. The van der Waals surface area contributed by atoms with Crippen molar-refractivity contribution < 1.29 is 50.5 Å². The molecule has 0 fully saturated rings. The fourth-order valence-electron chi connectivity index (χ4n) is 0. The van der Waals surface area contributed by atoms with Gasteiger partial charge in [0.05, 0.1) is 0 Å². The van der Waals surface area contributed by atoms with Gasteiger partial charge in [-0.2, -0.15) is 0 Å². The molecule has 0 unspecified atom stereocenters. The summed E-state index contributed by atoms with van der Waals surface area (Å²) in [7, 11) is -5.61. The second-order valence-corrected chi connectivity index (χ2v) is 1.50. The Morgan fingerprint density at radius 1 is 0.889 bits per heavy atom. The first-order valence-corrected chi connectivity index (χ1v) is 2.45. The zero-order valence-corrected chi connectivity index (χ0v) is 10.3. The summed E-state index contributed by atoms with van der Waals surface area (Å²) in [5.41, 5.74) is 0. The maximum absolute atomic E-state index is 8.58. The first-order valence-electron chi connectivity index (χ1n) is 0.816. The SMILES string of the molecule is [Ca+2].[Cl-].[Li+].[Mg+2].[O-][Si]([O-])([O-])[O-]. The molecule has 0 atom stereocenters. The van der Waals surface area contributed by atoms with Gasteiger partial charge >= 0.3 is 79.7 Å². The maximum atomic E-state index is 8.58. The molecule has 0 radical (unpaired) electrons. The molecular weight excluding hydrogens is 199 g/mol. The Kier molecular flexibility index (Phi) is 44.6. The summed E-state index contributed by atoms with van der Waals surface area (Å²) in [5.74, 6) is 0. The van der Waals surface area contributed by atoms with Gasteiger partial charge in [0.25, 0.3) is 0 Å². The van der Waals surface area contributed by atoms with Gasteiger partial charge in [-0.3, -0.25) is 0 Å². The third-order valence-corrected chi connectivity index (χ3v) is 0. The van der Waals surface area contributed by atoms with Crippen LogP contribution < -0.4 is 50.5 Å². The summed E-state index contributed by atoms with van der Waals surface area (Å²) in [6.07, 6.45) is 0. The van der Waals surface area contributed by atoms with E-state index in [9.17, 15) is 0 Å². The van der Waals surface area contributed by atoms with Crippen LogP contribution in [-0.4, -0.2) is 69.8 Å². The Hall–Kier alpha value is 2.97. The molecule has 0 aromatic carbocycles. The molecule has 0 rings (SSSR count). The first kappa shape index (κ1) is 29.7. The van der Waals surface area contributed by atoms with Gasteiger partial charge in [-0.25, -0.2) is 0 Å². The van der Waals surface area contributed by atoms with Crippen LogP contribution in [-0.2, 0) is 0 Å². The quantitative estimate of drug-likeness (QED) is 0.362.